The predicted molar refractivity (Wildman–Crippen MR) is 90.8 cm³/mol. The van der Waals surface area contributed by atoms with E-state index < -0.39 is 0 Å². The highest BCUT2D eigenvalue weighted by Crippen LogP contribution is 2.38. The molecule has 0 saturated carbocycles. The zero-order valence-electron chi connectivity index (χ0n) is 12.4. The van der Waals surface area contributed by atoms with Crippen molar-refractivity contribution in [2.75, 3.05) is 30.3 Å². The van der Waals surface area contributed by atoms with Gasteiger partial charge in [-0.2, -0.15) is 4.98 Å². The van der Waals surface area contributed by atoms with Gasteiger partial charge in [0.2, 0.25) is 5.95 Å². The lowest BCUT2D eigenvalue weighted by Gasteiger charge is -2.24. The van der Waals surface area contributed by atoms with Crippen LogP contribution in [0, 0.1) is 5.92 Å². The molecular formula is C16H16ClN5O. The molecule has 4 heterocycles. The van der Waals surface area contributed by atoms with Crippen LogP contribution in [0.25, 0.3) is 22.1 Å². The number of aromatic nitrogens is 2. The maximum Gasteiger partial charge on any atom is 0.222 e. The summed E-state index contributed by atoms with van der Waals surface area (Å²) in [5.74, 6) is 1.74. The molecule has 7 heteroatoms. The van der Waals surface area contributed by atoms with Gasteiger partial charge in [0.05, 0.1) is 0 Å². The maximum atomic E-state index is 6.12. The Balaban J connectivity index is 1.76. The Morgan fingerprint density at radius 2 is 2.22 bits per heavy atom. The van der Waals surface area contributed by atoms with Crippen molar-refractivity contribution in [2.45, 2.75) is 12.5 Å². The van der Waals surface area contributed by atoms with Gasteiger partial charge in [0.25, 0.3) is 0 Å². The van der Waals surface area contributed by atoms with Gasteiger partial charge < -0.3 is 20.4 Å². The summed E-state index contributed by atoms with van der Waals surface area (Å²) >= 11 is 6.12. The second kappa shape index (κ2) is 4.72. The predicted octanol–water partition coefficient (Wildman–Crippen LogP) is 2.41. The average Bonchev–Trinajstić information content (AvgIpc) is 3.20. The molecule has 0 bridgehead atoms. The zero-order chi connectivity index (χ0) is 15.6. The topological polar surface area (TPSA) is 80.2 Å². The molecule has 2 atom stereocenters. The van der Waals surface area contributed by atoms with Crippen LogP contribution in [0.1, 0.15) is 6.42 Å². The van der Waals surface area contributed by atoms with E-state index in [4.69, 9.17) is 21.8 Å². The summed E-state index contributed by atoms with van der Waals surface area (Å²) in [5, 5.41) is 4.99. The second-order valence-electron chi connectivity index (χ2n) is 6.29. The van der Waals surface area contributed by atoms with Crippen LogP contribution >= 0.6 is 11.6 Å². The molecule has 2 aromatic heterocycles. The van der Waals surface area contributed by atoms with Crippen molar-refractivity contribution in [3.8, 4) is 0 Å². The normalized spacial score (nSPS) is 24.0. The van der Waals surface area contributed by atoms with Gasteiger partial charge in [-0.1, -0.05) is 11.6 Å². The third kappa shape index (κ3) is 1.91. The Labute approximate surface area is 137 Å². The highest BCUT2D eigenvalue weighted by atomic mass is 35.5. The number of rotatable bonds is 1. The van der Waals surface area contributed by atoms with E-state index in [1.54, 1.807) is 0 Å². The van der Waals surface area contributed by atoms with Crippen LogP contribution in [0.4, 0.5) is 11.8 Å². The number of nitrogens with zero attached hydrogens (tertiary/aromatic N) is 3. The first-order valence-corrected chi connectivity index (χ1v) is 8.21. The lowest BCUT2D eigenvalue weighted by atomic mass is 10.1. The van der Waals surface area contributed by atoms with Gasteiger partial charge in [0.15, 0.2) is 11.4 Å². The monoisotopic (exact) mass is 329 g/mol. The van der Waals surface area contributed by atoms with Crippen molar-refractivity contribution >= 4 is 45.4 Å². The van der Waals surface area contributed by atoms with Gasteiger partial charge in [-0.15, -0.1) is 0 Å². The van der Waals surface area contributed by atoms with Gasteiger partial charge in [-0.3, -0.25) is 0 Å². The minimum absolute atomic E-state index is 0.268. The highest BCUT2D eigenvalue weighted by molar-refractivity contribution is 6.31. The number of nitrogen functional groups attached to an aromatic ring is 1. The first-order chi connectivity index (χ1) is 11.2. The fourth-order valence-electron chi connectivity index (χ4n) is 3.93. The molecule has 6 nitrogen and oxygen atoms in total. The fraction of sp³-hybridized carbons (Fsp3) is 0.375. The largest absolute Gasteiger partial charge is 0.450 e. The molecule has 0 aliphatic carbocycles. The van der Waals surface area contributed by atoms with E-state index in [9.17, 15) is 0 Å². The molecule has 2 unspecified atom stereocenters. The van der Waals surface area contributed by atoms with Crippen LogP contribution in [0.2, 0.25) is 5.02 Å². The molecule has 2 saturated heterocycles. The lowest BCUT2D eigenvalue weighted by Crippen LogP contribution is -2.35. The molecule has 5 rings (SSSR count). The summed E-state index contributed by atoms with van der Waals surface area (Å²) in [6.07, 6.45) is 1.16. The van der Waals surface area contributed by atoms with Crippen molar-refractivity contribution < 1.29 is 4.42 Å². The molecule has 0 spiro atoms. The van der Waals surface area contributed by atoms with E-state index in [-0.39, 0.29) is 5.95 Å². The highest BCUT2D eigenvalue weighted by Gasteiger charge is 2.39. The Morgan fingerprint density at radius 1 is 1.30 bits per heavy atom. The van der Waals surface area contributed by atoms with Crippen molar-refractivity contribution in [1.29, 1.82) is 0 Å². The minimum Gasteiger partial charge on any atom is -0.450 e. The summed E-state index contributed by atoms with van der Waals surface area (Å²) in [5.41, 5.74) is 8.17. The van der Waals surface area contributed by atoms with Crippen molar-refractivity contribution in [3.63, 3.8) is 0 Å². The van der Waals surface area contributed by atoms with Crippen LogP contribution in [-0.2, 0) is 0 Å². The summed E-state index contributed by atoms with van der Waals surface area (Å²) in [4.78, 5) is 11.2. The lowest BCUT2D eigenvalue weighted by molar-refractivity contribution is 0.576. The number of halogens is 1. The number of hydrogen-bond donors (Lipinski definition) is 2. The molecule has 23 heavy (non-hydrogen) atoms. The Hall–Kier alpha value is -2.05. The van der Waals surface area contributed by atoms with E-state index in [1.165, 1.54) is 0 Å². The van der Waals surface area contributed by atoms with Crippen LogP contribution in [0.3, 0.4) is 0 Å². The molecular weight excluding hydrogens is 314 g/mol. The fourth-order valence-corrected chi connectivity index (χ4v) is 4.10. The van der Waals surface area contributed by atoms with E-state index >= 15 is 0 Å². The quantitative estimate of drug-likeness (QED) is 0.713. The number of nitrogens with two attached hydrogens (primary N) is 1. The molecule has 118 valence electrons. The molecule has 1 aromatic carbocycles. The van der Waals surface area contributed by atoms with E-state index in [0.29, 0.717) is 22.6 Å². The number of anilines is 2. The minimum atomic E-state index is 0.268. The van der Waals surface area contributed by atoms with Crippen molar-refractivity contribution in [2.24, 2.45) is 5.92 Å². The van der Waals surface area contributed by atoms with Crippen LogP contribution < -0.4 is 16.0 Å². The average molecular weight is 330 g/mol. The second-order valence-corrected chi connectivity index (χ2v) is 6.73. The molecule has 0 radical (unpaired) electrons. The number of hydrogen-bond acceptors (Lipinski definition) is 6. The molecule has 0 amide bonds. The summed E-state index contributed by atoms with van der Waals surface area (Å²) < 4.78 is 6.05. The number of benzene rings is 1. The smallest absolute Gasteiger partial charge is 0.222 e. The van der Waals surface area contributed by atoms with Gasteiger partial charge in [-0.05, 0) is 30.5 Å². The SMILES string of the molecule is Nc1nc(N2CCC3CNCC32)c2oc3ccc(Cl)cc3c2n1. The third-order valence-electron chi connectivity index (χ3n) is 4.99. The zero-order valence-corrected chi connectivity index (χ0v) is 13.2. The van der Waals surface area contributed by atoms with Crippen molar-refractivity contribution in [1.82, 2.24) is 15.3 Å². The first-order valence-electron chi connectivity index (χ1n) is 7.83. The number of furan rings is 1. The molecule has 3 aromatic rings. The third-order valence-corrected chi connectivity index (χ3v) is 5.23. The van der Waals surface area contributed by atoms with E-state index in [2.05, 4.69) is 20.2 Å². The van der Waals surface area contributed by atoms with Crippen LogP contribution in [0.15, 0.2) is 22.6 Å². The van der Waals surface area contributed by atoms with Gasteiger partial charge in [0.1, 0.15) is 11.1 Å². The van der Waals surface area contributed by atoms with Gasteiger partial charge in [-0.25, -0.2) is 4.98 Å². The molecule has 2 aliphatic rings. The molecule has 2 fully saturated rings. The molecule has 3 N–H and O–H groups in total. The van der Waals surface area contributed by atoms with Gasteiger partial charge >= 0.3 is 0 Å². The Bertz CT molecular complexity index is 924. The Morgan fingerprint density at radius 3 is 3.13 bits per heavy atom. The van der Waals surface area contributed by atoms with Crippen LogP contribution in [-0.4, -0.2) is 35.6 Å². The Kier molecular flexibility index (Phi) is 2.75. The summed E-state index contributed by atoms with van der Waals surface area (Å²) in [6.45, 7) is 3.02. The molecule has 2 aliphatic heterocycles. The first kappa shape index (κ1) is 13.4. The standard InChI is InChI=1S/C16H16ClN5O/c17-9-1-2-12-10(5-9)13-14(23-12)15(21-16(18)20-13)22-4-3-8-6-19-7-11(8)22/h1-2,5,8,11,19H,3-4,6-7H2,(H2,18,20,21). The number of fused-ring (bicyclic) bond motifs is 4. The summed E-state index contributed by atoms with van der Waals surface area (Å²) in [7, 11) is 0. The van der Waals surface area contributed by atoms with E-state index in [0.717, 1.165) is 48.4 Å². The van der Waals surface area contributed by atoms with Gasteiger partial charge in [0, 0.05) is 36.1 Å². The number of nitrogens with one attached hydrogen (secondary N) is 1. The summed E-state index contributed by atoms with van der Waals surface area (Å²) in [6, 6.07) is 5.99. The van der Waals surface area contributed by atoms with E-state index in [1.807, 2.05) is 18.2 Å². The van der Waals surface area contributed by atoms with Crippen LogP contribution in [0.5, 0.6) is 0 Å². The van der Waals surface area contributed by atoms with Crippen molar-refractivity contribution in [3.05, 3.63) is 23.2 Å². The maximum absolute atomic E-state index is 6.12.